The number of amidine groups is 1. The molecule has 6 heteroatoms. The summed E-state index contributed by atoms with van der Waals surface area (Å²) in [4.78, 5) is 21.0. The molecular weight excluding hydrogens is 459 g/mol. The number of hydrogen-bond acceptors (Lipinski definition) is 4. The van der Waals surface area contributed by atoms with Gasteiger partial charge >= 0.3 is 0 Å². The minimum atomic E-state index is 0.114. The highest BCUT2D eigenvalue weighted by Gasteiger charge is 2.39. The second-order valence-corrected chi connectivity index (χ2v) is 9.50. The first-order valence-corrected chi connectivity index (χ1v) is 11.7. The normalized spacial score (nSPS) is 26.3. The maximum absolute atomic E-state index is 13.2. The van der Waals surface area contributed by atoms with Crippen LogP contribution in [-0.2, 0) is 4.79 Å². The molecule has 3 fully saturated rings. The van der Waals surface area contributed by atoms with Crippen molar-refractivity contribution in [3.8, 4) is 0 Å². The number of hydrogen-bond donors (Lipinski definition) is 0. The predicted octanol–water partition coefficient (Wildman–Crippen LogP) is 5.82. The minimum Gasteiger partial charge on any atom is -0.451 e. The molecular formula is C20H25IN2O2S. The number of aliphatic imine (C=N–C) groups is 1. The molecule has 26 heavy (non-hydrogen) atoms. The molecule has 4 rings (SSSR count). The maximum atomic E-state index is 13.2. The molecule has 140 valence electrons. The van der Waals surface area contributed by atoms with Gasteiger partial charge in [-0.25, -0.2) is 0 Å². The van der Waals surface area contributed by atoms with Crippen molar-refractivity contribution < 1.29 is 9.21 Å². The van der Waals surface area contributed by atoms with Gasteiger partial charge in [0.15, 0.2) is 8.93 Å². The van der Waals surface area contributed by atoms with Gasteiger partial charge in [-0.05, 0) is 72.2 Å². The molecule has 0 radical (unpaired) electrons. The molecule has 0 atom stereocenters. The van der Waals surface area contributed by atoms with Crippen molar-refractivity contribution in [2.45, 2.75) is 76.3 Å². The summed E-state index contributed by atoms with van der Waals surface area (Å²) < 4.78 is 6.48. The summed E-state index contributed by atoms with van der Waals surface area (Å²) in [5.41, 5.74) is 0. The van der Waals surface area contributed by atoms with Crippen LogP contribution in [0, 0.1) is 3.77 Å². The van der Waals surface area contributed by atoms with Gasteiger partial charge in [-0.3, -0.25) is 14.7 Å². The molecule has 2 saturated carbocycles. The zero-order valence-electron chi connectivity index (χ0n) is 15.0. The Hall–Kier alpha value is -0.760. The zero-order chi connectivity index (χ0) is 17.9. The average molecular weight is 484 g/mol. The van der Waals surface area contributed by atoms with Crippen molar-refractivity contribution >= 4 is 51.5 Å². The number of nitrogens with zero attached hydrogens (tertiary/aromatic N) is 2. The molecule has 2 heterocycles. The highest BCUT2D eigenvalue weighted by molar-refractivity contribution is 14.1. The first-order chi connectivity index (χ1) is 12.7. The van der Waals surface area contributed by atoms with Gasteiger partial charge in [-0.2, -0.15) is 0 Å². The molecule has 1 aromatic rings. The Morgan fingerprint density at radius 1 is 1.08 bits per heavy atom. The minimum absolute atomic E-state index is 0.114. The van der Waals surface area contributed by atoms with E-state index in [0.29, 0.717) is 12.1 Å². The number of carbonyl (C=O) groups is 1. The van der Waals surface area contributed by atoms with E-state index in [1.54, 1.807) is 11.8 Å². The summed E-state index contributed by atoms with van der Waals surface area (Å²) in [6.07, 6.45) is 14.0. The van der Waals surface area contributed by atoms with Crippen molar-refractivity contribution in [1.82, 2.24) is 4.90 Å². The van der Waals surface area contributed by atoms with Gasteiger partial charge in [-0.1, -0.05) is 38.5 Å². The number of thioether (sulfide) groups is 1. The summed E-state index contributed by atoms with van der Waals surface area (Å²) in [5, 5.41) is 0.932. The fraction of sp³-hybridized carbons (Fsp3) is 0.600. The molecule has 0 spiro atoms. The second-order valence-electron chi connectivity index (χ2n) is 7.42. The number of halogens is 1. The van der Waals surface area contributed by atoms with Crippen LogP contribution in [0.1, 0.15) is 70.0 Å². The van der Waals surface area contributed by atoms with Gasteiger partial charge in [0, 0.05) is 12.1 Å². The molecule has 1 saturated heterocycles. The number of furan rings is 1. The molecule has 0 unspecified atom stereocenters. The number of amides is 1. The van der Waals surface area contributed by atoms with Gasteiger partial charge in [0.25, 0.3) is 5.91 Å². The third-order valence-corrected chi connectivity index (χ3v) is 7.09. The van der Waals surface area contributed by atoms with Gasteiger partial charge in [-0.15, -0.1) is 0 Å². The van der Waals surface area contributed by atoms with E-state index < -0.39 is 0 Å². The van der Waals surface area contributed by atoms with Crippen LogP contribution >= 0.6 is 34.4 Å². The monoisotopic (exact) mass is 484 g/mol. The van der Waals surface area contributed by atoms with Crippen molar-refractivity contribution in [2.75, 3.05) is 0 Å². The molecule has 1 amide bonds. The lowest BCUT2D eigenvalue weighted by molar-refractivity contribution is -0.124. The Balaban J connectivity index is 1.61. The fourth-order valence-corrected chi connectivity index (χ4v) is 5.66. The Labute approximate surface area is 173 Å². The zero-order valence-corrected chi connectivity index (χ0v) is 17.9. The van der Waals surface area contributed by atoms with Crippen molar-refractivity contribution in [3.05, 3.63) is 26.6 Å². The topological polar surface area (TPSA) is 45.8 Å². The third-order valence-electron chi connectivity index (χ3n) is 5.51. The quantitative estimate of drug-likeness (QED) is 0.401. The lowest BCUT2D eigenvalue weighted by Gasteiger charge is -2.31. The van der Waals surface area contributed by atoms with E-state index in [4.69, 9.17) is 9.41 Å². The summed E-state index contributed by atoms with van der Waals surface area (Å²) in [7, 11) is 0. The van der Waals surface area contributed by atoms with E-state index in [2.05, 4.69) is 22.6 Å². The third kappa shape index (κ3) is 4.21. The molecule has 3 aliphatic rings. The molecule has 0 aromatic carbocycles. The van der Waals surface area contributed by atoms with E-state index in [0.717, 1.165) is 45.3 Å². The standard InChI is InChI=1S/C20H25IN2O2S/c21-18-12-11-16(25-18)13-17-19(24)23(15-9-5-2-6-10-15)20(26-17)22-14-7-3-1-4-8-14/h11-15H,1-10H2/b17-13-,22-20?. The Kier molecular flexibility index (Phi) is 6.08. The van der Waals surface area contributed by atoms with Crippen molar-refractivity contribution in [1.29, 1.82) is 0 Å². The summed E-state index contributed by atoms with van der Waals surface area (Å²) in [6.45, 7) is 0. The molecule has 2 aliphatic carbocycles. The van der Waals surface area contributed by atoms with Crippen LogP contribution in [0.4, 0.5) is 0 Å². The van der Waals surface area contributed by atoms with Gasteiger partial charge in [0.1, 0.15) is 5.76 Å². The summed E-state index contributed by atoms with van der Waals surface area (Å²) >= 11 is 3.69. The van der Waals surface area contributed by atoms with E-state index in [-0.39, 0.29) is 5.91 Å². The highest BCUT2D eigenvalue weighted by Crippen LogP contribution is 2.38. The Bertz CT molecular complexity index is 715. The van der Waals surface area contributed by atoms with Crippen LogP contribution in [0.5, 0.6) is 0 Å². The van der Waals surface area contributed by atoms with Crippen LogP contribution in [0.15, 0.2) is 26.4 Å². The predicted molar refractivity (Wildman–Crippen MR) is 115 cm³/mol. The summed E-state index contributed by atoms with van der Waals surface area (Å²) in [6, 6.07) is 4.54. The molecule has 0 bridgehead atoms. The molecule has 1 aliphatic heterocycles. The lowest BCUT2D eigenvalue weighted by atomic mass is 9.94. The van der Waals surface area contributed by atoms with Gasteiger partial charge < -0.3 is 4.42 Å². The molecule has 1 aromatic heterocycles. The van der Waals surface area contributed by atoms with Crippen LogP contribution in [0.3, 0.4) is 0 Å². The Morgan fingerprint density at radius 2 is 1.77 bits per heavy atom. The average Bonchev–Trinajstić information content (AvgIpc) is 3.20. The first-order valence-electron chi connectivity index (χ1n) is 9.77. The van der Waals surface area contributed by atoms with Crippen LogP contribution < -0.4 is 0 Å². The fourth-order valence-electron chi connectivity index (χ4n) is 4.14. The van der Waals surface area contributed by atoms with Crippen LogP contribution in [0.25, 0.3) is 6.08 Å². The summed E-state index contributed by atoms with van der Waals surface area (Å²) in [5.74, 6) is 0.857. The van der Waals surface area contributed by atoms with E-state index >= 15 is 0 Å². The number of carbonyl (C=O) groups excluding carboxylic acids is 1. The smallest absolute Gasteiger partial charge is 0.267 e. The first kappa shape index (κ1) is 18.6. The van der Waals surface area contributed by atoms with Crippen LogP contribution in [0.2, 0.25) is 0 Å². The second kappa shape index (κ2) is 8.50. The van der Waals surface area contributed by atoms with Crippen LogP contribution in [-0.4, -0.2) is 28.1 Å². The van der Waals surface area contributed by atoms with Crippen molar-refractivity contribution in [3.63, 3.8) is 0 Å². The van der Waals surface area contributed by atoms with Crippen molar-refractivity contribution in [2.24, 2.45) is 4.99 Å². The largest absolute Gasteiger partial charge is 0.451 e. The maximum Gasteiger partial charge on any atom is 0.267 e. The van der Waals surface area contributed by atoms with E-state index in [1.165, 1.54) is 38.5 Å². The lowest BCUT2D eigenvalue weighted by Crippen LogP contribution is -2.41. The molecule has 4 nitrogen and oxygen atoms in total. The SMILES string of the molecule is O=C1/C(=C/c2ccc(I)o2)SC(=NC2CCCCC2)N1C1CCCCC1. The van der Waals surface area contributed by atoms with E-state index in [1.807, 2.05) is 23.1 Å². The van der Waals surface area contributed by atoms with E-state index in [9.17, 15) is 4.79 Å². The number of rotatable bonds is 3. The molecule has 0 N–H and O–H groups in total. The Morgan fingerprint density at radius 3 is 2.42 bits per heavy atom. The van der Waals surface area contributed by atoms with Gasteiger partial charge in [0.05, 0.1) is 10.9 Å². The highest BCUT2D eigenvalue weighted by atomic mass is 127. The van der Waals surface area contributed by atoms with Gasteiger partial charge in [0.2, 0.25) is 0 Å².